The van der Waals surface area contributed by atoms with Crippen LogP contribution in [0.25, 0.3) is 0 Å². The quantitative estimate of drug-likeness (QED) is 0.712. The van der Waals surface area contributed by atoms with Crippen molar-refractivity contribution in [2.24, 2.45) is 0 Å². The summed E-state index contributed by atoms with van der Waals surface area (Å²) in [7, 11) is 2.80. The van der Waals surface area contributed by atoms with Gasteiger partial charge in [0.15, 0.2) is 0 Å². The van der Waals surface area contributed by atoms with Crippen molar-refractivity contribution in [3.05, 3.63) is 59.9 Å². The molecule has 1 heterocycles. The van der Waals surface area contributed by atoms with Crippen molar-refractivity contribution < 1.29 is 28.3 Å². The van der Waals surface area contributed by atoms with Crippen LogP contribution in [-0.4, -0.2) is 49.5 Å². The summed E-state index contributed by atoms with van der Waals surface area (Å²) in [6.45, 7) is 1.00. The number of urea groups is 1. The first kappa shape index (κ1) is 21.8. The Labute approximate surface area is 177 Å². The number of rotatable bonds is 5. The lowest BCUT2D eigenvalue weighted by molar-refractivity contribution is -0.133. The molecule has 1 saturated heterocycles. The largest absolute Gasteiger partial charge is 0.452 e. The number of carbonyl (C=O) groups is 4. The Hall–Kier alpha value is -3.95. The number of amides is 5. The molecule has 1 fully saturated rings. The molecule has 10 heteroatoms. The van der Waals surface area contributed by atoms with Gasteiger partial charge in [-0.1, -0.05) is 12.1 Å². The minimum absolute atomic E-state index is 0.403. The zero-order valence-corrected chi connectivity index (χ0v) is 17.1. The number of hydrogen-bond donors (Lipinski definition) is 2. The summed E-state index contributed by atoms with van der Waals surface area (Å²) in [5.74, 6) is -1.67. The predicted molar refractivity (Wildman–Crippen MR) is 110 cm³/mol. The van der Waals surface area contributed by atoms with Crippen molar-refractivity contribution in [3.63, 3.8) is 0 Å². The summed E-state index contributed by atoms with van der Waals surface area (Å²) in [4.78, 5) is 51.2. The Morgan fingerprint density at radius 3 is 2.32 bits per heavy atom. The first-order valence-corrected chi connectivity index (χ1v) is 9.27. The number of imide groups is 1. The maximum atomic E-state index is 13.2. The fourth-order valence-electron chi connectivity index (χ4n) is 3.17. The molecule has 1 aliphatic heterocycles. The number of benzene rings is 2. The minimum atomic E-state index is -1.40. The third-order valence-corrected chi connectivity index (χ3v) is 4.99. The van der Waals surface area contributed by atoms with Crippen molar-refractivity contribution in [1.29, 1.82) is 0 Å². The number of carbonyl (C=O) groups excluding carboxylic acids is 4. The van der Waals surface area contributed by atoms with E-state index in [1.807, 2.05) is 0 Å². The first-order valence-electron chi connectivity index (χ1n) is 9.27. The Morgan fingerprint density at radius 2 is 1.74 bits per heavy atom. The number of ether oxygens (including phenoxy) is 1. The highest BCUT2D eigenvalue weighted by Gasteiger charge is 2.49. The summed E-state index contributed by atoms with van der Waals surface area (Å²) in [5.41, 5.74) is -0.0274. The predicted octanol–water partition coefficient (Wildman–Crippen LogP) is 2.43. The van der Waals surface area contributed by atoms with E-state index < -0.39 is 41.8 Å². The summed E-state index contributed by atoms with van der Waals surface area (Å²) in [6.07, 6.45) is -0.542. The number of nitrogens with zero attached hydrogens (tertiary/aromatic N) is 2. The highest BCUT2D eigenvalue weighted by Crippen LogP contribution is 2.29. The Balaban J connectivity index is 1.66. The molecular formula is C21H21FN4O5. The third kappa shape index (κ3) is 4.32. The van der Waals surface area contributed by atoms with Gasteiger partial charge in [-0.25, -0.2) is 14.0 Å². The maximum absolute atomic E-state index is 13.2. The molecule has 162 valence electrons. The second kappa shape index (κ2) is 8.42. The molecule has 0 saturated carbocycles. The maximum Gasteiger partial charge on any atom is 0.413 e. The van der Waals surface area contributed by atoms with Crippen LogP contribution in [0, 0.1) is 5.82 Å². The molecule has 0 radical (unpaired) electrons. The molecule has 31 heavy (non-hydrogen) atoms. The Bertz CT molecular complexity index is 1030. The van der Waals surface area contributed by atoms with Crippen LogP contribution in [0.2, 0.25) is 0 Å². The van der Waals surface area contributed by atoms with Crippen molar-refractivity contribution in [3.8, 4) is 0 Å². The number of nitrogens with one attached hydrogen (secondary N) is 2. The molecule has 0 bridgehead atoms. The minimum Gasteiger partial charge on any atom is -0.452 e. The van der Waals surface area contributed by atoms with Gasteiger partial charge in [0.25, 0.3) is 5.91 Å². The molecule has 2 N–H and O–H groups in total. The van der Waals surface area contributed by atoms with E-state index in [2.05, 4.69) is 15.4 Å². The second-order valence-electron chi connectivity index (χ2n) is 7.08. The van der Waals surface area contributed by atoms with E-state index in [-0.39, 0.29) is 0 Å². The fraction of sp³-hybridized carbons (Fsp3) is 0.238. The summed E-state index contributed by atoms with van der Waals surface area (Å²) in [6, 6.07) is 10.8. The number of anilines is 2. The molecule has 0 spiro atoms. The van der Waals surface area contributed by atoms with Gasteiger partial charge >= 0.3 is 12.1 Å². The third-order valence-electron chi connectivity index (χ3n) is 4.99. The van der Waals surface area contributed by atoms with E-state index in [1.54, 1.807) is 24.3 Å². The zero-order valence-electron chi connectivity index (χ0n) is 17.1. The van der Waals surface area contributed by atoms with Gasteiger partial charge in [-0.3, -0.25) is 19.4 Å². The van der Waals surface area contributed by atoms with Crippen LogP contribution in [0.5, 0.6) is 0 Å². The molecule has 9 nitrogen and oxygen atoms in total. The average molecular weight is 428 g/mol. The van der Waals surface area contributed by atoms with Gasteiger partial charge in [-0.05, 0) is 48.9 Å². The standard InChI is InChI=1S/C21H21FN4O5/c1-21(13-4-6-14(22)7-5-13)18(28)26(19(29)24-21)12-17(27)23-15-8-10-16(11-9-15)25(2)20(30)31-3/h4-11H,12H2,1-3H3,(H,23,27)(H,24,29). The molecule has 3 rings (SSSR count). The van der Waals surface area contributed by atoms with Gasteiger partial charge < -0.3 is 15.4 Å². The topological polar surface area (TPSA) is 108 Å². The number of halogens is 1. The molecule has 1 atom stereocenters. The average Bonchev–Trinajstić information content (AvgIpc) is 2.97. The molecule has 0 aliphatic carbocycles. The molecule has 1 unspecified atom stereocenters. The SMILES string of the molecule is COC(=O)N(C)c1ccc(NC(=O)CN2C(=O)NC(C)(c3ccc(F)cc3)C2=O)cc1. The number of hydrogen-bond acceptors (Lipinski definition) is 5. The summed E-state index contributed by atoms with van der Waals surface area (Å²) in [5, 5.41) is 5.15. The van der Waals surface area contributed by atoms with Crippen LogP contribution >= 0.6 is 0 Å². The van der Waals surface area contributed by atoms with Crippen LogP contribution < -0.4 is 15.5 Å². The van der Waals surface area contributed by atoms with Crippen molar-refractivity contribution >= 4 is 35.3 Å². The molecule has 2 aromatic carbocycles. The van der Waals surface area contributed by atoms with E-state index in [0.29, 0.717) is 16.9 Å². The zero-order chi connectivity index (χ0) is 22.8. The molecule has 0 aromatic heterocycles. The first-order chi connectivity index (χ1) is 14.7. The van der Waals surface area contributed by atoms with Gasteiger partial charge in [0, 0.05) is 18.4 Å². The van der Waals surface area contributed by atoms with E-state index >= 15 is 0 Å². The van der Waals surface area contributed by atoms with E-state index in [9.17, 15) is 23.6 Å². The van der Waals surface area contributed by atoms with E-state index in [4.69, 9.17) is 0 Å². The van der Waals surface area contributed by atoms with Crippen LogP contribution in [0.1, 0.15) is 12.5 Å². The second-order valence-corrected chi connectivity index (χ2v) is 7.08. The van der Waals surface area contributed by atoms with E-state index in [0.717, 1.165) is 4.90 Å². The van der Waals surface area contributed by atoms with Gasteiger partial charge in [0.05, 0.1) is 7.11 Å². The van der Waals surface area contributed by atoms with Crippen molar-refractivity contribution in [2.75, 3.05) is 30.9 Å². The lowest BCUT2D eigenvalue weighted by Crippen LogP contribution is -2.42. The summed E-state index contributed by atoms with van der Waals surface area (Å²) < 4.78 is 17.8. The van der Waals surface area contributed by atoms with Crippen LogP contribution in [0.3, 0.4) is 0 Å². The Kier molecular flexibility index (Phi) is 5.91. The Morgan fingerprint density at radius 1 is 1.13 bits per heavy atom. The van der Waals surface area contributed by atoms with Gasteiger partial charge in [-0.15, -0.1) is 0 Å². The van der Waals surface area contributed by atoms with Gasteiger partial charge in [-0.2, -0.15) is 0 Å². The monoisotopic (exact) mass is 428 g/mol. The van der Waals surface area contributed by atoms with Gasteiger partial charge in [0.2, 0.25) is 5.91 Å². The molecule has 1 aliphatic rings. The summed E-state index contributed by atoms with van der Waals surface area (Å²) >= 11 is 0. The van der Waals surface area contributed by atoms with Crippen molar-refractivity contribution in [1.82, 2.24) is 10.2 Å². The highest BCUT2D eigenvalue weighted by atomic mass is 19.1. The van der Waals surface area contributed by atoms with Crippen LogP contribution in [0.4, 0.5) is 25.4 Å². The highest BCUT2D eigenvalue weighted by molar-refractivity contribution is 6.10. The molecule has 5 amide bonds. The lowest BCUT2D eigenvalue weighted by Gasteiger charge is -2.22. The van der Waals surface area contributed by atoms with E-state index in [1.165, 1.54) is 50.2 Å². The lowest BCUT2D eigenvalue weighted by atomic mass is 9.92. The smallest absolute Gasteiger partial charge is 0.413 e. The molecular weight excluding hydrogens is 407 g/mol. The molecule has 2 aromatic rings. The van der Waals surface area contributed by atoms with Crippen molar-refractivity contribution in [2.45, 2.75) is 12.5 Å². The normalized spacial score (nSPS) is 17.9. The van der Waals surface area contributed by atoms with Crippen LogP contribution in [-0.2, 0) is 19.9 Å². The van der Waals surface area contributed by atoms with Gasteiger partial charge in [0.1, 0.15) is 17.9 Å². The fourth-order valence-corrected chi connectivity index (χ4v) is 3.17. The number of methoxy groups -OCH3 is 1. The van der Waals surface area contributed by atoms with Crippen LogP contribution in [0.15, 0.2) is 48.5 Å².